The summed E-state index contributed by atoms with van der Waals surface area (Å²) in [5, 5.41) is 45.7. The SMILES string of the molecule is CC1=C(CC(=O)NCC2OCCO2)c2cc(F)ccc2/C1=C\c1ccc(O)c(OC(F)(F)F)c1.COc1cc(/C=C2/C(C)=C(CCC(=O)CC3COC(C)O3)c3cc(F)ccc32)cc(OC)c1O.COc1cc(/C=C2/C(C)=C(CCC(=O)CC3OCCO3)c3cc(F)ccc32)cc(OC)c1O.COc1cc(/C=C2/C(C)=C(CCC(=O)Cc3nccs3)c3cc(F)ccc32)cc(OC)c1O. The third kappa shape index (κ3) is 23.9. The third-order valence-electron chi connectivity index (χ3n) is 23.5. The van der Waals surface area contributed by atoms with Gasteiger partial charge in [0.2, 0.25) is 23.2 Å². The van der Waals surface area contributed by atoms with Crippen molar-refractivity contribution in [1.82, 2.24) is 10.3 Å². The van der Waals surface area contributed by atoms with Crippen molar-refractivity contribution in [2.24, 2.45) is 0 Å². The molecular weight excluding hydrogens is 1770 g/mol. The Labute approximate surface area is 773 Å². The van der Waals surface area contributed by atoms with E-state index in [0.29, 0.717) is 152 Å². The number of rotatable bonds is 30. The second-order valence-corrected chi connectivity index (χ2v) is 33.1. The molecule has 2 atom stereocenters. The molecule has 1 aromatic heterocycles. The number of phenolic OH excluding ortho intramolecular Hbond substituents is 4. The standard InChI is InChI=1S/C27H29FO6.C26H24FNO4S.C26H27FO6.C24H21F4NO5/c1-15-21(8-6-19(29)13-20-14-33-16(2)34-20)24-12-18(28)5-7-22(24)23(15)9-17-10-25(31-3)27(30)26(11-17)32-4;1-15-19(7-5-18(29)14-25-28-8-9-33-25)22-13-17(27)4-6-20(22)21(15)10-16-11-23(31-2)26(30)24(12-16)32-3;1-15-19(7-5-18(28)14-25-32-8-9-33-25)22-13-17(27)4-6-20(22)21(15)10-16-11-23(30-2)26(29)24(12-16)31-3;1-13-17(8-14-2-5-20(30)21(9-14)34-24(26,27)28)16-4-3-15(25)10-19(16)18(13)11-22(31)29-12-23-32-6-7-33-23/h5,7,9-12,16,20,30H,6,8,13-14H2,1-4H3;4,6,8-13,30H,5,7,14H2,1-3H3;4,6,10-13,25,29H,5,7-9,14H2,1-3H3;2-5,8-10,23,30H,6-7,11-12H2,1H3,(H,29,31)/b23-9-;2*21-10-;17-8-. The molecule has 0 spiro atoms. The number of halogens is 7. The molecule has 3 aliphatic heterocycles. The van der Waals surface area contributed by atoms with Crippen molar-refractivity contribution in [3.05, 3.63) is 256 Å². The fourth-order valence-electron chi connectivity index (χ4n) is 16.9. The van der Waals surface area contributed by atoms with Gasteiger partial charge in [-0.3, -0.25) is 19.2 Å². The van der Waals surface area contributed by atoms with Crippen molar-refractivity contribution in [2.45, 2.75) is 130 Å². The molecule has 704 valence electrons. The summed E-state index contributed by atoms with van der Waals surface area (Å²) in [6.45, 7) is 12.0. The number of benzene rings is 8. The summed E-state index contributed by atoms with van der Waals surface area (Å²) in [5.74, 6) is -1.35. The summed E-state index contributed by atoms with van der Waals surface area (Å²) in [4.78, 5) is 54.3. The molecule has 8 aromatic carbocycles. The first-order valence-corrected chi connectivity index (χ1v) is 43.9. The van der Waals surface area contributed by atoms with Crippen molar-refractivity contribution < 1.29 is 132 Å². The highest BCUT2D eigenvalue weighted by atomic mass is 32.1. The Hall–Kier alpha value is -13.1. The number of methoxy groups -OCH3 is 6. The van der Waals surface area contributed by atoms with Gasteiger partial charge in [0.05, 0.1) is 113 Å². The van der Waals surface area contributed by atoms with Crippen LogP contribution in [0.15, 0.2) is 161 Å². The lowest BCUT2D eigenvalue weighted by Crippen LogP contribution is -2.32. The maximum absolute atomic E-state index is 14.2. The van der Waals surface area contributed by atoms with Crippen LogP contribution in [0.3, 0.4) is 0 Å². The summed E-state index contributed by atoms with van der Waals surface area (Å²) < 4.78 is 162. The van der Waals surface area contributed by atoms with Gasteiger partial charge < -0.3 is 87.3 Å². The van der Waals surface area contributed by atoms with E-state index in [1.54, 1.807) is 79.9 Å². The summed E-state index contributed by atoms with van der Waals surface area (Å²) in [5.41, 5.74) is 19.3. The van der Waals surface area contributed by atoms with Crippen LogP contribution in [0.5, 0.6) is 63.2 Å². The number of nitrogens with one attached hydrogen (secondary N) is 1. The largest absolute Gasteiger partial charge is 0.573 e. The van der Waals surface area contributed by atoms with E-state index in [0.717, 1.165) is 117 Å². The number of hydrogen-bond acceptors (Lipinski definition) is 23. The number of phenols is 4. The van der Waals surface area contributed by atoms with Crippen LogP contribution in [0.25, 0.3) is 68.9 Å². The van der Waals surface area contributed by atoms with E-state index in [1.807, 2.05) is 51.3 Å². The average Bonchev–Trinajstić information content (AvgIpc) is 1.62. The molecule has 0 bridgehead atoms. The Balaban J connectivity index is 0.000000152. The van der Waals surface area contributed by atoms with Crippen LogP contribution in [0, 0.1) is 23.3 Å². The molecule has 16 rings (SSSR count). The number of thiazole rings is 1. The van der Waals surface area contributed by atoms with Crippen LogP contribution < -0.4 is 38.5 Å². The molecule has 3 saturated heterocycles. The van der Waals surface area contributed by atoms with Gasteiger partial charge in [-0.25, -0.2) is 22.5 Å². The van der Waals surface area contributed by atoms with Gasteiger partial charge in [0.1, 0.15) is 40.6 Å². The number of fused-ring (bicyclic) bond motifs is 4. The van der Waals surface area contributed by atoms with Crippen LogP contribution in [-0.4, -0.2) is 162 Å². The Morgan fingerprint density at radius 3 is 1.16 bits per heavy atom. The lowest BCUT2D eigenvalue weighted by Gasteiger charge is -2.11. The number of ether oxygens (including phenoxy) is 13. The van der Waals surface area contributed by atoms with E-state index in [-0.39, 0.29) is 89.7 Å². The number of aromatic nitrogens is 1. The quantitative estimate of drug-likeness (QED) is 0.0261. The van der Waals surface area contributed by atoms with E-state index in [9.17, 15) is 70.3 Å². The van der Waals surface area contributed by atoms with Crippen LogP contribution in [-0.2, 0) is 54.0 Å². The van der Waals surface area contributed by atoms with Gasteiger partial charge in [0.25, 0.3) is 0 Å². The predicted octanol–water partition coefficient (Wildman–Crippen LogP) is 20.9. The van der Waals surface area contributed by atoms with Gasteiger partial charge in [0.15, 0.2) is 64.9 Å². The number of hydrogen-bond donors (Lipinski definition) is 5. The lowest BCUT2D eigenvalue weighted by atomic mass is 9.98. The van der Waals surface area contributed by atoms with Gasteiger partial charge in [-0.1, -0.05) is 30.3 Å². The second-order valence-electron chi connectivity index (χ2n) is 32.1. The van der Waals surface area contributed by atoms with Gasteiger partial charge in [-0.15, -0.1) is 24.5 Å². The first kappa shape index (κ1) is 98.4. The molecule has 4 heterocycles. The minimum atomic E-state index is -4.97. The Bertz CT molecular complexity index is 6140. The topological polar surface area (TPSA) is 294 Å². The summed E-state index contributed by atoms with van der Waals surface area (Å²) in [6.07, 6.45) is 6.07. The zero-order valence-corrected chi connectivity index (χ0v) is 76.3. The Kier molecular flexibility index (Phi) is 32.4. The molecule has 2 unspecified atom stereocenters. The summed E-state index contributed by atoms with van der Waals surface area (Å²) in [6, 6.07) is 32.2. The summed E-state index contributed by atoms with van der Waals surface area (Å²) >= 11 is 1.47. The van der Waals surface area contributed by atoms with Crippen molar-refractivity contribution >= 4 is 103 Å². The Morgan fingerprint density at radius 1 is 0.440 bits per heavy atom. The smallest absolute Gasteiger partial charge is 0.504 e. The van der Waals surface area contributed by atoms with Gasteiger partial charge in [-0.2, -0.15) is 0 Å². The van der Waals surface area contributed by atoms with Crippen molar-refractivity contribution in [1.29, 1.82) is 0 Å². The highest BCUT2D eigenvalue weighted by Crippen LogP contribution is 2.52. The molecule has 0 radical (unpaired) electrons. The van der Waals surface area contributed by atoms with Crippen molar-refractivity contribution in [3.8, 4) is 63.2 Å². The minimum absolute atomic E-state index is 0.0373. The fourth-order valence-corrected chi connectivity index (χ4v) is 17.5. The van der Waals surface area contributed by atoms with Gasteiger partial charge >= 0.3 is 6.36 Å². The number of carbonyl (C=O) groups is 4. The number of allylic oxidation sites excluding steroid dienone is 11. The molecule has 31 heteroatoms. The van der Waals surface area contributed by atoms with Crippen molar-refractivity contribution in [3.63, 3.8) is 0 Å². The molecule has 3 fully saturated rings. The Morgan fingerprint density at radius 2 is 0.799 bits per heavy atom. The average molecular weight is 1870 g/mol. The maximum atomic E-state index is 14.2. The van der Waals surface area contributed by atoms with Crippen LogP contribution in [0.1, 0.15) is 164 Å². The zero-order chi connectivity index (χ0) is 95.9. The minimum Gasteiger partial charge on any atom is -0.504 e. The van der Waals surface area contributed by atoms with E-state index < -0.39 is 36.3 Å². The van der Waals surface area contributed by atoms with E-state index in [2.05, 4.69) is 15.0 Å². The number of Topliss-reactive ketones (excluding diaryl/α,β-unsaturated/α-hetero) is 3. The molecular formula is C103H101F7N2O21S. The van der Waals surface area contributed by atoms with Gasteiger partial charge in [-0.05, 0) is 309 Å². The molecule has 9 aromatic rings. The van der Waals surface area contributed by atoms with Crippen molar-refractivity contribution in [2.75, 3.05) is 82.2 Å². The van der Waals surface area contributed by atoms with Crippen LogP contribution in [0.4, 0.5) is 30.7 Å². The van der Waals surface area contributed by atoms with Crippen LogP contribution >= 0.6 is 11.3 Å². The normalized spacial score (nSPS) is 17.3. The molecule has 7 aliphatic rings. The highest BCUT2D eigenvalue weighted by molar-refractivity contribution is 7.09. The molecule has 4 aliphatic carbocycles. The highest BCUT2D eigenvalue weighted by Gasteiger charge is 2.35. The van der Waals surface area contributed by atoms with E-state index in [1.165, 1.54) is 109 Å². The maximum Gasteiger partial charge on any atom is 0.573 e. The van der Waals surface area contributed by atoms with Crippen LogP contribution in [0.2, 0.25) is 0 Å². The first-order valence-electron chi connectivity index (χ1n) is 43.0. The number of amides is 1. The van der Waals surface area contributed by atoms with E-state index >= 15 is 0 Å². The predicted molar refractivity (Wildman–Crippen MR) is 493 cm³/mol. The number of ketones is 3. The molecule has 1 amide bonds. The number of alkyl halides is 3. The molecule has 0 saturated carbocycles. The first-order chi connectivity index (χ1) is 64.2. The fraction of sp³-hybridized carbons (Fsp3) is 0.311. The molecule has 134 heavy (non-hydrogen) atoms. The van der Waals surface area contributed by atoms with E-state index in [4.69, 9.17) is 56.8 Å². The van der Waals surface area contributed by atoms with Gasteiger partial charge in [0, 0.05) is 37.3 Å². The summed E-state index contributed by atoms with van der Waals surface area (Å²) in [7, 11) is 8.85. The zero-order valence-electron chi connectivity index (χ0n) is 75.4. The lowest BCUT2D eigenvalue weighted by molar-refractivity contribution is -0.275. The monoisotopic (exact) mass is 1870 g/mol. The number of carbonyl (C=O) groups excluding carboxylic acids is 4. The number of aromatic hydroxyl groups is 4. The third-order valence-corrected chi connectivity index (χ3v) is 24.3. The number of nitrogens with zero attached hydrogens (tertiary/aromatic N) is 1. The second kappa shape index (κ2) is 44.1. The molecule has 5 N–H and O–H groups in total. The molecule has 23 nitrogen and oxygen atoms in total.